The summed E-state index contributed by atoms with van der Waals surface area (Å²) < 4.78 is 40.2. The number of pyridine rings is 1. The van der Waals surface area contributed by atoms with Gasteiger partial charge in [-0.15, -0.1) is 10.2 Å². The molecule has 4 aromatic rings. The third-order valence-corrected chi connectivity index (χ3v) is 4.45. The van der Waals surface area contributed by atoms with Crippen molar-refractivity contribution in [3.8, 4) is 17.2 Å². The Hall–Kier alpha value is -3.86. The van der Waals surface area contributed by atoms with Gasteiger partial charge >= 0.3 is 6.18 Å². The molecule has 0 spiro atoms. The lowest BCUT2D eigenvalue weighted by molar-refractivity contribution is -0.145. The number of aryl methyl sites for hydroxylation is 1. The standard InChI is InChI=1S/C21H14F3N5/c1-13-2-8-18(16(10-13)11-25)26-17-6-3-14(4-7-17)15-5-9-19-27-28-20(21(22,23)24)29(19)12-15/h2-10,12,26H,1H3. The molecule has 29 heavy (non-hydrogen) atoms. The van der Waals surface area contributed by atoms with Crippen LogP contribution in [-0.4, -0.2) is 14.6 Å². The topological polar surface area (TPSA) is 66.0 Å². The van der Waals surface area contributed by atoms with E-state index in [4.69, 9.17) is 0 Å². The van der Waals surface area contributed by atoms with Crippen LogP contribution in [0.25, 0.3) is 16.8 Å². The number of nitriles is 1. The fourth-order valence-corrected chi connectivity index (χ4v) is 3.02. The van der Waals surface area contributed by atoms with E-state index in [1.165, 1.54) is 12.3 Å². The summed E-state index contributed by atoms with van der Waals surface area (Å²) >= 11 is 0. The molecule has 0 bridgehead atoms. The molecule has 0 aliphatic heterocycles. The van der Waals surface area contributed by atoms with Crippen LogP contribution in [-0.2, 0) is 6.18 Å². The highest BCUT2D eigenvalue weighted by Gasteiger charge is 2.36. The van der Waals surface area contributed by atoms with E-state index in [0.29, 0.717) is 16.8 Å². The highest BCUT2D eigenvalue weighted by atomic mass is 19.4. The predicted molar refractivity (Wildman–Crippen MR) is 103 cm³/mol. The van der Waals surface area contributed by atoms with E-state index in [2.05, 4.69) is 21.6 Å². The van der Waals surface area contributed by atoms with Crippen LogP contribution in [0.3, 0.4) is 0 Å². The first-order valence-corrected chi connectivity index (χ1v) is 8.65. The number of rotatable bonds is 3. The number of fused-ring (bicyclic) bond motifs is 1. The fourth-order valence-electron chi connectivity index (χ4n) is 3.02. The van der Waals surface area contributed by atoms with Crippen molar-refractivity contribution in [1.29, 1.82) is 5.26 Å². The summed E-state index contributed by atoms with van der Waals surface area (Å²) in [6.07, 6.45) is -3.22. The summed E-state index contributed by atoms with van der Waals surface area (Å²) in [5, 5.41) is 19.3. The number of nitrogens with one attached hydrogen (secondary N) is 1. The minimum absolute atomic E-state index is 0.128. The molecule has 2 aromatic heterocycles. The minimum atomic E-state index is -4.59. The third kappa shape index (κ3) is 3.62. The Balaban J connectivity index is 1.64. The quantitative estimate of drug-likeness (QED) is 0.510. The van der Waals surface area contributed by atoms with Crippen molar-refractivity contribution < 1.29 is 13.2 Å². The summed E-state index contributed by atoms with van der Waals surface area (Å²) in [7, 11) is 0. The van der Waals surface area contributed by atoms with Crippen molar-refractivity contribution in [3.63, 3.8) is 0 Å². The lowest BCUT2D eigenvalue weighted by Crippen LogP contribution is -2.10. The number of alkyl halides is 3. The van der Waals surface area contributed by atoms with Crippen molar-refractivity contribution in [2.75, 3.05) is 5.32 Å². The van der Waals surface area contributed by atoms with Crippen LogP contribution in [0.1, 0.15) is 17.0 Å². The van der Waals surface area contributed by atoms with Gasteiger partial charge in [0.1, 0.15) is 6.07 Å². The van der Waals surface area contributed by atoms with Gasteiger partial charge in [0.05, 0.1) is 11.3 Å². The predicted octanol–water partition coefficient (Wildman–Crippen LogP) is 5.34. The number of halogens is 3. The fraction of sp³-hybridized carbons (Fsp3) is 0.0952. The maximum absolute atomic E-state index is 13.1. The zero-order valence-electron chi connectivity index (χ0n) is 15.2. The number of hydrogen-bond acceptors (Lipinski definition) is 4. The summed E-state index contributed by atoms with van der Waals surface area (Å²) in [6, 6.07) is 18.1. The van der Waals surface area contributed by atoms with E-state index in [0.717, 1.165) is 21.2 Å². The first-order chi connectivity index (χ1) is 13.8. The second-order valence-corrected chi connectivity index (χ2v) is 6.53. The zero-order valence-corrected chi connectivity index (χ0v) is 15.2. The van der Waals surface area contributed by atoms with Gasteiger partial charge in [0.25, 0.3) is 0 Å². The van der Waals surface area contributed by atoms with Gasteiger partial charge in [-0.3, -0.25) is 4.40 Å². The summed E-state index contributed by atoms with van der Waals surface area (Å²) in [6.45, 7) is 1.91. The molecular formula is C21H14F3N5. The molecule has 0 saturated heterocycles. The molecule has 1 N–H and O–H groups in total. The smallest absolute Gasteiger partial charge is 0.354 e. The summed E-state index contributed by atoms with van der Waals surface area (Å²) in [5.74, 6) is -1.06. The number of anilines is 2. The Bertz CT molecular complexity index is 1230. The molecule has 0 radical (unpaired) electrons. The molecule has 0 aliphatic rings. The summed E-state index contributed by atoms with van der Waals surface area (Å²) in [5.41, 5.74) is 4.44. The Morgan fingerprint density at radius 2 is 1.69 bits per heavy atom. The van der Waals surface area contributed by atoms with Gasteiger partial charge < -0.3 is 5.32 Å². The number of benzene rings is 2. The molecule has 4 rings (SSSR count). The largest absolute Gasteiger partial charge is 0.452 e. The van der Waals surface area contributed by atoms with Crippen LogP contribution in [0.5, 0.6) is 0 Å². The van der Waals surface area contributed by atoms with Crippen molar-refractivity contribution in [1.82, 2.24) is 14.6 Å². The molecule has 0 saturated carbocycles. The number of nitrogens with zero attached hydrogens (tertiary/aromatic N) is 4. The Kier molecular flexibility index (Phi) is 4.43. The van der Waals surface area contributed by atoms with Crippen LogP contribution in [0.2, 0.25) is 0 Å². The lowest BCUT2D eigenvalue weighted by Gasteiger charge is -2.10. The molecule has 144 valence electrons. The van der Waals surface area contributed by atoms with Gasteiger partial charge in [0.2, 0.25) is 5.82 Å². The monoisotopic (exact) mass is 393 g/mol. The first kappa shape index (κ1) is 18.5. The molecule has 2 aromatic carbocycles. The van der Waals surface area contributed by atoms with Gasteiger partial charge in [0.15, 0.2) is 5.65 Å². The molecule has 2 heterocycles. The van der Waals surface area contributed by atoms with Gasteiger partial charge in [-0.2, -0.15) is 18.4 Å². The molecule has 8 heteroatoms. The van der Waals surface area contributed by atoms with Crippen molar-refractivity contribution in [2.24, 2.45) is 0 Å². The molecule has 0 atom stereocenters. The van der Waals surface area contributed by atoms with Crippen LogP contribution in [0, 0.1) is 18.3 Å². The van der Waals surface area contributed by atoms with E-state index >= 15 is 0 Å². The Labute approximate surface area is 164 Å². The molecule has 0 fully saturated rings. The van der Waals surface area contributed by atoms with Gasteiger partial charge in [0, 0.05) is 11.9 Å². The third-order valence-electron chi connectivity index (χ3n) is 4.45. The number of aromatic nitrogens is 3. The molecule has 0 aliphatic carbocycles. The maximum Gasteiger partial charge on any atom is 0.452 e. The van der Waals surface area contributed by atoms with Gasteiger partial charge in [-0.05, 0) is 60.0 Å². The highest BCUT2D eigenvalue weighted by molar-refractivity contribution is 5.71. The van der Waals surface area contributed by atoms with Crippen LogP contribution in [0.15, 0.2) is 60.8 Å². The van der Waals surface area contributed by atoms with Crippen molar-refractivity contribution >= 4 is 17.0 Å². The SMILES string of the molecule is Cc1ccc(Nc2ccc(-c3ccc4nnc(C(F)(F)F)n4c3)cc2)c(C#N)c1. The second kappa shape index (κ2) is 6.95. The Morgan fingerprint density at radius 3 is 2.38 bits per heavy atom. The van der Waals surface area contributed by atoms with E-state index in [9.17, 15) is 18.4 Å². The minimum Gasteiger partial charge on any atom is -0.354 e. The highest BCUT2D eigenvalue weighted by Crippen LogP contribution is 2.30. The van der Waals surface area contributed by atoms with Crippen molar-refractivity contribution in [3.05, 3.63) is 77.7 Å². The van der Waals surface area contributed by atoms with Crippen molar-refractivity contribution in [2.45, 2.75) is 13.1 Å². The average Bonchev–Trinajstić information content (AvgIpc) is 3.13. The average molecular weight is 393 g/mol. The van der Waals surface area contributed by atoms with Gasteiger partial charge in [-0.25, -0.2) is 0 Å². The summed E-state index contributed by atoms with van der Waals surface area (Å²) in [4.78, 5) is 0. The Morgan fingerprint density at radius 1 is 0.966 bits per heavy atom. The molecule has 0 amide bonds. The lowest BCUT2D eigenvalue weighted by atomic mass is 10.1. The second-order valence-electron chi connectivity index (χ2n) is 6.53. The van der Waals surface area contributed by atoms with Crippen LogP contribution < -0.4 is 5.32 Å². The van der Waals surface area contributed by atoms with Gasteiger partial charge in [-0.1, -0.05) is 18.2 Å². The normalized spacial score (nSPS) is 11.4. The van der Waals surface area contributed by atoms with E-state index in [1.54, 1.807) is 36.4 Å². The van der Waals surface area contributed by atoms with Crippen LogP contribution >= 0.6 is 0 Å². The number of hydrogen-bond donors (Lipinski definition) is 1. The molecule has 5 nitrogen and oxygen atoms in total. The van der Waals surface area contributed by atoms with E-state index in [1.807, 2.05) is 19.1 Å². The molecule has 0 unspecified atom stereocenters. The van der Waals surface area contributed by atoms with E-state index < -0.39 is 12.0 Å². The maximum atomic E-state index is 13.1. The molecular weight excluding hydrogens is 379 g/mol. The first-order valence-electron chi connectivity index (χ1n) is 8.65. The van der Waals surface area contributed by atoms with Crippen LogP contribution in [0.4, 0.5) is 24.5 Å². The van der Waals surface area contributed by atoms with E-state index in [-0.39, 0.29) is 5.65 Å². The zero-order chi connectivity index (χ0) is 20.6.